The van der Waals surface area contributed by atoms with Crippen LogP contribution in [0.5, 0.6) is 5.75 Å². The first kappa shape index (κ1) is 11.1. The summed E-state index contributed by atoms with van der Waals surface area (Å²) in [5, 5.41) is 0.731. The molecule has 0 radical (unpaired) electrons. The summed E-state index contributed by atoms with van der Waals surface area (Å²) in [5.74, 6) is 0.802. The van der Waals surface area contributed by atoms with Gasteiger partial charge in [0.05, 0.1) is 19.0 Å². The van der Waals surface area contributed by atoms with E-state index in [1.807, 2.05) is 53.2 Å². The average molecular weight is 259 g/mol. The van der Waals surface area contributed by atoms with Crippen LogP contribution in [0.1, 0.15) is 0 Å². The maximum Gasteiger partial charge on any atom is 0.140 e. The number of benzene rings is 1. The third-order valence-electron chi connectivity index (χ3n) is 2.86. The van der Waals surface area contributed by atoms with Gasteiger partial charge in [0.15, 0.2) is 0 Å². The summed E-state index contributed by atoms with van der Waals surface area (Å²) in [5.41, 5.74) is 2.97. The van der Waals surface area contributed by atoms with Gasteiger partial charge in [-0.05, 0) is 18.2 Å². The molecule has 90 valence electrons. The lowest BCUT2D eigenvalue weighted by atomic mass is 10.2. The number of aromatic nitrogens is 2. The largest absolute Gasteiger partial charge is 0.497 e. The van der Waals surface area contributed by atoms with E-state index < -0.39 is 0 Å². The van der Waals surface area contributed by atoms with Gasteiger partial charge >= 0.3 is 0 Å². The zero-order valence-electron chi connectivity index (χ0n) is 9.80. The zero-order valence-corrected chi connectivity index (χ0v) is 10.6. The van der Waals surface area contributed by atoms with Crippen molar-refractivity contribution in [3.05, 3.63) is 53.8 Å². The number of nitrogens with zero attached hydrogens (tertiary/aromatic N) is 2. The molecular formula is C14H11ClN2O. The first-order valence-corrected chi connectivity index (χ1v) is 5.93. The first-order chi connectivity index (χ1) is 8.78. The van der Waals surface area contributed by atoms with Gasteiger partial charge in [0, 0.05) is 22.8 Å². The molecule has 0 fully saturated rings. The van der Waals surface area contributed by atoms with E-state index in [2.05, 4.69) is 4.98 Å². The molecule has 0 bridgehead atoms. The fourth-order valence-corrected chi connectivity index (χ4v) is 2.05. The summed E-state index contributed by atoms with van der Waals surface area (Å²) in [7, 11) is 1.65. The van der Waals surface area contributed by atoms with Crippen molar-refractivity contribution in [2.45, 2.75) is 0 Å². The van der Waals surface area contributed by atoms with Gasteiger partial charge in [0.1, 0.15) is 11.4 Å². The SMILES string of the molecule is COc1ccn2c(-c3ccc(Cl)cc3)cnc2c1. The summed E-state index contributed by atoms with van der Waals surface area (Å²) in [6.07, 6.45) is 3.79. The standard InChI is InChI=1S/C14H11ClN2O/c1-18-12-6-7-17-13(9-16-14(17)8-12)10-2-4-11(15)5-3-10/h2-9H,1H3. The van der Waals surface area contributed by atoms with Crippen LogP contribution in [0.4, 0.5) is 0 Å². The normalized spacial score (nSPS) is 10.8. The molecule has 3 aromatic rings. The lowest BCUT2D eigenvalue weighted by molar-refractivity contribution is 0.414. The highest BCUT2D eigenvalue weighted by molar-refractivity contribution is 6.30. The van der Waals surface area contributed by atoms with E-state index in [-0.39, 0.29) is 0 Å². The molecule has 0 N–H and O–H groups in total. The highest BCUT2D eigenvalue weighted by atomic mass is 35.5. The van der Waals surface area contributed by atoms with Gasteiger partial charge in [0.25, 0.3) is 0 Å². The van der Waals surface area contributed by atoms with Crippen LogP contribution in [-0.2, 0) is 0 Å². The van der Waals surface area contributed by atoms with Crippen molar-refractivity contribution >= 4 is 17.2 Å². The second-order valence-corrected chi connectivity index (χ2v) is 4.38. The maximum atomic E-state index is 5.89. The van der Waals surface area contributed by atoms with Crippen LogP contribution in [0.2, 0.25) is 5.02 Å². The van der Waals surface area contributed by atoms with Gasteiger partial charge in [0.2, 0.25) is 0 Å². The fraction of sp³-hybridized carbons (Fsp3) is 0.0714. The fourth-order valence-electron chi connectivity index (χ4n) is 1.92. The number of hydrogen-bond acceptors (Lipinski definition) is 2. The van der Waals surface area contributed by atoms with Crippen LogP contribution >= 0.6 is 11.6 Å². The highest BCUT2D eigenvalue weighted by Gasteiger charge is 2.06. The van der Waals surface area contributed by atoms with Crippen LogP contribution in [0.3, 0.4) is 0 Å². The predicted octanol–water partition coefficient (Wildman–Crippen LogP) is 3.66. The molecular weight excluding hydrogens is 248 g/mol. The third kappa shape index (κ3) is 1.83. The Morgan fingerprint density at radius 1 is 1.17 bits per heavy atom. The zero-order chi connectivity index (χ0) is 12.5. The Morgan fingerprint density at radius 2 is 1.94 bits per heavy atom. The molecule has 4 heteroatoms. The number of methoxy groups -OCH3 is 1. The number of ether oxygens (including phenoxy) is 1. The summed E-state index contributed by atoms with van der Waals surface area (Å²) in [4.78, 5) is 4.38. The molecule has 0 aliphatic rings. The van der Waals surface area contributed by atoms with Gasteiger partial charge < -0.3 is 4.74 Å². The number of pyridine rings is 1. The molecule has 2 heterocycles. The Labute approximate surface area is 110 Å². The summed E-state index contributed by atoms with van der Waals surface area (Å²) >= 11 is 5.89. The molecule has 0 saturated carbocycles. The quantitative estimate of drug-likeness (QED) is 0.701. The van der Waals surface area contributed by atoms with E-state index in [4.69, 9.17) is 16.3 Å². The third-order valence-corrected chi connectivity index (χ3v) is 3.11. The van der Waals surface area contributed by atoms with Crippen LogP contribution in [-0.4, -0.2) is 16.5 Å². The molecule has 0 aliphatic heterocycles. The van der Waals surface area contributed by atoms with Crippen LogP contribution in [0.15, 0.2) is 48.8 Å². The van der Waals surface area contributed by atoms with Crippen molar-refractivity contribution in [1.82, 2.24) is 9.38 Å². The predicted molar refractivity (Wildman–Crippen MR) is 72.2 cm³/mol. The lowest BCUT2D eigenvalue weighted by Gasteiger charge is -2.03. The van der Waals surface area contributed by atoms with E-state index >= 15 is 0 Å². The molecule has 0 saturated heterocycles. The first-order valence-electron chi connectivity index (χ1n) is 5.55. The van der Waals surface area contributed by atoms with Crippen molar-refractivity contribution in [2.24, 2.45) is 0 Å². The van der Waals surface area contributed by atoms with E-state index in [1.54, 1.807) is 7.11 Å². The van der Waals surface area contributed by atoms with Gasteiger partial charge in [-0.25, -0.2) is 4.98 Å². The van der Waals surface area contributed by atoms with Gasteiger partial charge in [-0.1, -0.05) is 23.7 Å². The Bertz CT molecular complexity index is 689. The molecule has 0 spiro atoms. The topological polar surface area (TPSA) is 26.5 Å². The number of hydrogen-bond donors (Lipinski definition) is 0. The summed E-state index contributed by atoms with van der Waals surface area (Å²) < 4.78 is 7.20. The molecule has 1 aromatic carbocycles. The van der Waals surface area contributed by atoms with E-state index in [1.165, 1.54) is 0 Å². The number of fused-ring (bicyclic) bond motifs is 1. The molecule has 0 aliphatic carbocycles. The van der Waals surface area contributed by atoms with E-state index in [0.29, 0.717) is 0 Å². The van der Waals surface area contributed by atoms with Gasteiger partial charge in [-0.3, -0.25) is 4.40 Å². The number of imidazole rings is 1. The molecule has 18 heavy (non-hydrogen) atoms. The van der Waals surface area contributed by atoms with Crippen molar-refractivity contribution in [3.63, 3.8) is 0 Å². The lowest BCUT2D eigenvalue weighted by Crippen LogP contribution is -1.89. The minimum absolute atomic E-state index is 0.731. The highest BCUT2D eigenvalue weighted by Crippen LogP contribution is 2.24. The Balaban J connectivity index is 2.15. The summed E-state index contributed by atoms with van der Waals surface area (Å²) in [6, 6.07) is 11.5. The molecule has 0 unspecified atom stereocenters. The molecule has 3 nitrogen and oxygen atoms in total. The van der Waals surface area contributed by atoms with Crippen LogP contribution < -0.4 is 4.74 Å². The van der Waals surface area contributed by atoms with Crippen molar-refractivity contribution < 1.29 is 4.74 Å². The second kappa shape index (κ2) is 4.35. The number of rotatable bonds is 2. The maximum absolute atomic E-state index is 5.89. The Hall–Kier alpha value is -2.00. The molecule has 2 aromatic heterocycles. The number of halogens is 1. The molecule has 0 amide bonds. The Kier molecular flexibility index (Phi) is 2.68. The van der Waals surface area contributed by atoms with Crippen LogP contribution in [0.25, 0.3) is 16.9 Å². The molecule has 0 atom stereocenters. The van der Waals surface area contributed by atoms with Crippen molar-refractivity contribution in [3.8, 4) is 17.0 Å². The van der Waals surface area contributed by atoms with Crippen molar-refractivity contribution in [2.75, 3.05) is 7.11 Å². The van der Waals surface area contributed by atoms with Gasteiger partial charge in [-0.2, -0.15) is 0 Å². The minimum Gasteiger partial charge on any atom is -0.497 e. The van der Waals surface area contributed by atoms with Crippen LogP contribution in [0, 0.1) is 0 Å². The molecule has 3 rings (SSSR count). The van der Waals surface area contributed by atoms with Crippen molar-refractivity contribution in [1.29, 1.82) is 0 Å². The smallest absolute Gasteiger partial charge is 0.140 e. The minimum atomic E-state index is 0.731. The van der Waals surface area contributed by atoms with Gasteiger partial charge in [-0.15, -0.1) is 0 Å². The van der Waals surface area contributed by atoms with E-state index in [0.717, 1.165) is 27.7 Å². The second-order valence-electron chi connectivity index (χ2n) is 3.95. The summed E-state index contributed by atoms with van der Waals surface area (Å²) in [6.45, 7) is 0. The average Bonchev–Trinajstić information content (AvgIpc) is 2.82. The Morgan fingerprint density at radius 3 is 2.67 bits per heavy atom. The monoisotopic (exact) mass is 258 g/mol. The van der Waals surface area contributed by atoms with E-state index in [9.17, 15) is 0 Å².